The van der Waals surface area contributed by atoms with Crippen LogP contribution in [0.1, 0.15) is 28.9 Å². The van der Waals surface area contributed by atoms with E-state index >= 15 is 0 Å². The van der Waals surface area contributed by atoms with Crippen LogP contribution in [0.25, 0.3) is 0 Å². The number of nitrogens with two attached hydrogens (primary N) is 1. The summed E-state index contributed by atoms with van der Waals surface area (Å²) in [6.45, 7) is 3.30. The Morgan fingerprint density at radius 3 is 3.17 bits per heavy atom. The summed E-state index contributed by atoms with van der Waals surface area (Å²) in [5.41, 5.74) is 7.43. The number of aromatic nitrogens is 1. The summed E-state index contributed by atoms with van der Waals surface area (Å²) in [6, 6.07) is 1.67. The molecule has 98 valence electrons. The number of hydrogen-bond acceptors (Lipinski definition) is 4. The van der Waals surface area contributed by atoms with Crippen molar-refractivity contribution >= 4 is 11.6 Å². The van der Waals surface area contributed by atoms with Crippen LogP contribution in [-0.4, -0.2) is 40.6 Å². The molecular weight excluding hydrogens is 230 g/mol. The minimum Gasteiger partial charge on any atom is -0.397 e. The fraction of sp³-hybridized carbons (Fsp3) is 0.538. The number of likely N-dealkylation sites (tertiary alicyclic amines) is 1. The Labute approximate surface area is 107 Å². The molecular formula is C13H19N3O2. The van der Waals surface area contributed by atoms with Gasteiger partial charge in [0.05, 0.1) is 23.1 Å². The number of rotatable bonds is 2. The normalized spacial score (nSPS) is 19.9. The molecule has 0 saturated carbocycles. The molecule has 0 radical (unpaired) electrons. The fourth-order valence-corrected chi connectivity index (χ4v) is 2.33. The zero-order valence-electron chi connectivity index (χ0n) is 10.6. The van der Waals surface area contributed by atoms with Gasteiger partial charge in [-0.3, -0.25) is 9.78 Å². The van der Waals surface area contributed by atoms with Crippen LogP contribution in [0.4, 0.5) is 5.69 Å². The van der Waals surface area contributed by atoms with Crippen LogP contribution in [0.3, 0.4) is 0 Å². The number of nitrogen functional groups attached to an aromatic ring is 1. The maximum absolute atomic E-state index is 12.4. The zero-order valence-corrected chi connectivity index (χ0v) is 10.6. The Morgan fingerprint density at radius 2 is 2.44 bits per heavy atom. The van der Waals surface area contributed by atoms with Crippen LogP contribution >= 0.6 is 0 Å². The maximum Gasteiger partial charge on any atom is 0.255 e. The lowest BCUT2D eigenvalue weighted by Crippen LogP contribution is -2.41. The molecule has 5 nitrogen and oxygen atoms in total. The summed E-state index contributed by atoms with van der Waals surface area (Å²) in [5.74, 6) is 0.155. The van der Waals surface area contributed by atoms with Gasteiger partial charge in [0.2, 0.25) is 0 Å². The molecule has 1 aliphatic heterocycles. The third-order valence-corrected chi connectivity index (χ3v) is 3.40. The van der Waals surface area contributed by atoms with E-state index in [1.807, 2.05) is 0 Å². The van der Waals surface area contributed by atoms with E-state index < -0.39 is 0 Å². The van der Waals surface area contributed by atoms with Gasteiger partial charge in [0.1, 0.15) is 0 Å². The Morgan fingerprint density at radius 1 is 1.67 bits per heavy atom. The van der Waals surface area contributed by atoms with Crippen LogP contribution in [0.2, 0.25) is 0 Å². The van der Waals surface area contributed by atoms with Crippen LogP contribution < -0.4 is 5.73 Å². The lowest BCUT2D eigenvalue weighted by Gasteiger charge is -2.32. The predicted molar refractivity (Wildman–Crippen MR) is 69.1 cm³/mol. The monoisotopic (exact) mass is 249 g/mol. The number of carbonyl (C=O) groups excluding carboxylic acids is 1. The molecule has 1 amide bonds. The Bertz CT molecular complexity index is 448. The third kappa shape index (κ3) is 2.61. The molecule has 1 saturated heterocycles. The molecule has 3 N–H and O–H groups in total. The average molecular weight is 249 g/mol. The highest BCUT2D eigenvalue weighted by atomic mass is 16.3. The van der Waals surface area contributed by atoms with E-state index in [-0.39, 0.29) is 18.4 Å². The highest BCUT2D eigenvalue weighted by molar-refractivity contribution is 5.96. The Kier molecular flexibility index (Phi) is 3.81. The van der Waals surface area contributed by atoms with Crippen molar-refractivity contribution in [2.24, 2.45) is 5.92 Å². The van der Waals surface area contributed by atoms with Crippen molar-refractivity contribution in [3.8, 4) is 0 Å². The number of pyridine rings is 1. The standard InChI is InChI=1S/C13H19N3O2/c1-9-12(5-11(14)6-15-9)13(18)16-4-2-3-10(7-16)8-17/h5-6,10,17H,2-4,7-8,14H2,1H3. The minimum atomic E-state index is -0.0366. The van der Waals surface area contributed by atoms with Gasteiger partial charge in [0.15, 0.2) is 0 Å². The topological polar surface area (TPSA) is 79.5 Å². The SMILES string of the molecule is Cc1ncc(N)cc1C(=O)N1CCCC(CO)C1. The van der Waals surface area contributed by atoms with E-state index in [1.54, 1.807) is 24.1 Å². The molecule has 0 bridgehead atoms. The predicted octanol–water partition coefficient (Wildman–Crippen LogP) is 0.817. The summed E-state index contributed by atoms with van der Waals surface area (Å²) >= 11 is 0. The first kappa shape index (κ1) is 12.8. The maximum atomic E-state index is 12.4. The van der Waals surface area contributed by atoms with Crippen molar-refractivity contribution in [1.29, 1.82) is 0 Å². The van der Waals surface area contributed by atoms with Gasteiger partial charge >= 0.3 is 0 Å². The van der Waals surface area contributed by atoms with Gasteiger partial charge in [0.25, 0.3) is 5.91 Å². The zero-order chi connectivity index (χ0) is 13.1. The fourth-order valence-electron chi connectivity index (χ4n) is 2.33. The second kappa shape index (κ2) is 5.35. The second-order valence-corrected chi connectivity index (χ2v) is 4.84. The first-order valence-corrected chi connectivity index (χ1v) is 6.24. The van der Waals surface area contributed by atoms with Crippen molar-refractivity contribution in [3.05, 3.63) is 23.5 Å². The lowest BCUT2D eigenvalue weighted by molar-refractivity contribution is 0.0619. The van der Waals surface area contributed by atoms with Gasteiger partial charge in [-0.15, -0.1) is 0 Å². The van der Waals surface area contributed by atoms with Gasteiger partial charge in [0, 0.05) is 19.7 Å². The molecule has 5 heteroatoms. The number of piperidine rings is 1. The highest BCUT2D eigenvalue weighted by Crippen LogP contribution is 2.19. The van der Waals surface area contributed by atoms with Gasteiger partial charge < -0.3 is 15.7 Å². The summed E-state index contributed by atoms with van der Waals surface area (Å²) in [6.07, 6.45) is 3.47. The molecule has 1 aromatic rings. The molecule has 1 unspecified atom stereocenters. The van der Waals surface area contributed by atoms with Crippen molar-refractivity contribution in [2.45, 2.75) is 19.8 Å². The number of nitrogens with zero attached hydrogens (tertiary/aromatic N) is 2. The molecule has 2 heterocycles. The van der Waals surface area contributed by atoms with Crippen molar-refractivity contribution in [2.75, 3.05) is 25.4 Å². The van der Waals surface area contributed by atoms with Gasteiger partial charge in [-0.25, -0.2) is 0 Å². The molecule has 1 fully saturated rings. The number of hydrogen-bond donors (Lipinski definition) is 2. The van der Waals surface area contributed by atoms with Crippen LogP contribution in [0.5, 0.6) is 0 Å². The first-order valence-electron chi connectivity index (χ1n) is 6.24. The van der Waals surface area contributed by atoms with Crippen LogP contribution in [0.15, 0.2) is 12.3 Å². The van der Waals surface area contributed by atoms with Gasteiger partial charge in [-0.2, -0.15) is 0 Å². The number of aliphatic hydroxyl groups excluding tert-OH is 1. The van der Waals surface area contributed by atoms with E-state index in [9.17, 15) is 9.90 Å². The van der Waals surface area contributed by atoms with Gasteiger partial charge in [-0.05, 0) is 31.7 Å². The van der Waals surface area contributed by atoms with Crippen LogP contribution in [-0.2, 0) is 0 Å². The molecule has 18 heavy (non-hydrogen) atoms. The molecule has 0 spiro atoms. The largest absolute Gasteiger partial charge is 0.397 e. The van der Waals surface area contributed by atoms with Crippen molar-refractivity contribution in [3.63, 3.8) is 0 Å². The second-order valence-electron chi connectivity index (χ2n) is 4.84. The van der Waals surface area contributed by atoms with E-state index in [1.165, 1.54) is 0 Å². The lowest BCUT2D eigenvalue weighted by atomic mass is 9.98. The number of aryl methyl sites for hydroxylation is 1. The molecule has 0 aromatic carbocycles. The summed E-state index contributed by atoms with van der Waals surface area (Å²) < 4.78 is 0. The molecule has 1 atom stereocenters. The Hall–Kier alpha value is -1.62. The number of carbonyl (C=O) groups is 1. The average Bonchev–Trinajstić information content (AvgIpc) is 2.41. The molecule has 1 aliphatic rings. The first-order chi connectivity index (χ1) is 8.61. The quantitative estimate of drug-likeness (QED) is 0.813. The molecule has 1 aromatic heterocycles. The smallest absolute Gasteiger partial charge is 0.255 e. The van der Waals surface area contributed by atoms with Gasteiger partial charge in [-0.1, -0.05) is 0 Å². The number of anilines is 1. The highest BCUT2D eigenvalue weighted by Gasteiger charge is 2.25. The summed E-state index contributed by atoms with van der Waals surface area (Å²) in [5, 5.41) is 9.19. The van der Waals surface area contributed by atoms with Crippen molar-refractivity contribution < 1.29 is 9.90 Å². The van der Waals surface area contributed by atoms with E-state index in [2.05, 4.69) is 4.98 Å². The summed E-state index contributed by atoms with van der Waals surface area (Å²) in [7, 11) is 0. The molecule has 0 aliphatic carbocycles. The third-order valence-electron chi connectivity index (χ3n) is 3.40. The van der Waals surface area contributed by atoms with E-state index in [4.69, 9.17) is 5.73 Å². The summed E-state index contributed by atoms with van der Waals surface area (Å²) in [4.78, 5) is 18.3. The number of aliphatic hydroxyl groups is 1. The molecule has 2 rings (SSSR count). The Balaban J connectivity index is 2.17. The number of amides is 1. The van der Waals surface area contributed by atoms with Crippen LogP contribution in [0, 0.1) is 12.8 Å². The van der Waals surface area contributed by atoms with E-state index in [0.717, 1.165) is 19.4 Å². The minimum absolute atomic E-state index is 0.0366. The van der Waals surface area contributed by atoms with Crippen molar-refractivity contribution in [1.82, 2.24) is 9.88 Å². The van der Waals surface area contributed by atoms with E-state index in [0.29, 0.717) is 23.5 Å².